The van der Waals surface area contributed by atoms with Crippen LogP contribution in [0, 0.1) is 0 Å². The fourth-order valence-corrected chi connectivity index (χ4v) is 2.19. The highest BCUT2D eigenvalue weighted by atomic mass is 16.5. The Labute approximate surface area is 126 Å². The predicted molar refractivity (Wildman–Crippen MR) is 85.9 cm³/mol. The number of hydrogen-bond donors (Lipinski definition) is 1. The van der Waals surface area contributed by atoms with Gasteiger partial charge in [-0.2, -0.15) is 0 Å². The number of methoxy groups -OCH3 is 1. The minimum absolute atomic E-state index is 0.284. The molecule has 0 spiro atoms. The maximum absolute atomic E-state index is 5.52. The van der Waals surface area contributed by atoms with Crippen molar-refractivity contribution in [2.45, 2.75) is 26.4 Å². The van der Waals surface area contributed by atoms with E-state index in [0.717, 1.165) is 18.0 Å². The molecule has 0 saturated carbocycles. The van der Waals surface area contributed by atoms with E-state index in [2.05, 4.69) is 36.5 Å². The summed E-state index contributed by atoms with van der Waals surface area (Å²) in [6.07, 6.45) is 0. The van der Waals surface area contributed by atoms with E-state index in [-0.39, 0.29) is 6.04 Å². The highest BCUT2D eigenvalue weighted by molar-refractivity contribution is 5.30. The van der Waals surface area contributed by atoms with Gasteiger partial charge in [0.2, 0.25) is 0 Å². The lowest BCUT2D eigenvalue weighted by molar-refractivity contribution is 0.339. The van der Waals surface area contributed by atoms with Crippen LogP contribution < -0.4 is 14.8 Å². The SMILES string of the molecule is CCOc1cccc(CN[C@H](C)c2ccc(OC)cc2)c1. The second-order valence-electron chi connectivity index (χ2n) is 4.96. The standard InChI is InChI=1S/C18H23NO2/c1-4-21-18-7-5-6-15(12-18)13-19-14(2)16-8-10-17(20-3)11-9-16/h5-12,14,19H,4,13H2,1-3H3/t14-/m1/s1. The average Bonchev–Trinajstić information content (AvgIpc) is 2.53. The van der Waals surface area contributed by atoms with E-state index in [9.17, 15) is 0 Å². The van der Waals surface area contributed by atoms with Crippen molar-refractivity contribution in [3.8, 4) is 11.5 Å². The zero-order chi connectivity index (χ0) is 15.1. The molecule has 0 saturated heterocycles. The van der Waals surface area contributed by atoms with Gasteiger partial charge in [-0.25, -0.2) is 0 Å². The first-order chi connectivity index (χ1) is 10.2. The maximum atomic E-state index is 5.52. The van der Waals surface area contributed by atoms with Crippen LogP contribution in [0.4, 0.5) is 0 Å². The van der Waals surface area contributed by atoms with Crippen molar-refractivity contribution in [3.63, 3.8) is 0 Å². The van der Waals surface area contributed by atoms with Crippen LogP contribution in [0.5, 0.6) is 11.5 Å². The molecule has 2 rings (SSSR count). The highest BCUT2D eigenvalue weighted by Crippen LogP contribution is 2.18. The van der Waals surface area contributed by atoms with Crippen molar-refractivity contribution in [2.24, 2.45) is 0 Å². The minimum Gasteiger partial charge on any atom is -0.497 e. The van der Waals surface area contributed by atoms with Crippen molar-refractivity contribution in [2.75, 3.05) is 13.7 Å². The van der Waals surface area contributed by atoms with Crippen LogP contribution in [0.15, 0.2) is 48.5 Å². The van der Waals surface area contributed by atoms with Crippen LogP contribution in [0.2, 0.25) is 0 Å². The van der Waals surface area contributed by atoms with Gasteiger partial charge in [0, 0.05) is 12.6 Å². The molecule has 0 heterocycles. The average molecular weight is 285 g/mol. The van der Waals surface area contributed by atoms with Crippen molar-refractivity contribution < 1.29 is 9.47 Å². The van der Waals surface area contributed by atoms with Crippen molar-refractivity contribution in [1.82, 2.24) is 5.32 Å². The molecule has 3 nitrogen and oxygen atoms in total. The number of nitrogens with one attached hydrogen (secondary N) is 1. The summed E-state index contributed by atoms with van der Waals surface area (Å²) in [6, 6.07) is 16.6. The second-order valence-corrected chi connectivity index (χ2v) is 4.96. The molecule has 2 aromatic rings. The molecule has 0 unspecified atom stereocenters. The highest BCUT2D eigenvalue weighted by Gasteiger charge is 2.05. The van der Waals surface area contributed by atoms with E-state index in [1.807, 2.05) is 31.2 Å². The van der Waals surface area contributed by atoms with Gasteiger partial charge >= 0.3 is 0 Å². The summed E-state index contributed by atoms with van der Waals surface area (Å²) in [5.41, 5.74) is 2.47. The number of hydrogen-bond acceptors (Lipinski definition) is 3. The van der Waals surface area contributed by atoms with Crippen LogP contribution >= 0.6 is 0 Å². The van der Waals surface area contributed by atoms with Crippen LogP contribution in [-0.2, 0) is 6.54 Å². The summed E-state index contributed by atoms with van der Waals surface area (Å²) in [5, 5.41) is 3.53. The smallest absolute Gasteiger partial charge is 0.119 e. The zero-order valence-corrected chi connectivity index (χ0v) is 12.9. The minimum atomic E-state index is 0.284. The van der Waals surface area contributed by atoms with E-state index < -0.39 is 0 Å². The molecule has 112 valence electrons. The maximum Gasteiger partial charge on any atom is 0.119 e. The molecule has 2 aromatic carbocycles. The predicted octanol–water partition coefficient (Wildman–Crippen LogP) is 3.94. The Hall–Kier alpha value is -2.00. The third-order valence-corrected chi connectivity index (χ3v) is 3.44. The van der Waals surface area contributed by atoms with Crippen molar-refractivity contribution in [1.29, 1.82) is 0 Å². The summed E-state index contributed by atoms with van der Waals surface area (Å²) in [4.78, 5) is 0. The summed E-state index contributed by atoms with van der Waals surface area (Å²) >= 11 is 0. The van der Waals surface area contributed by atoms with E-state index >= 15 is 0 Å². The van der Waals surface area contributed by atoms with Crippen LogP contribution in [0.1, 0.15) is 31.0 Å². The molecular formula is C18H23NO2. The molecular weight excluding hydrogens is 262 g/mol. The van der Waals surface area contributed by atoms with E-state index in [4.69, 9.17) is 9.47 Å². The lowest BCUT2D eigenvalue weighted by Gasteiger charge is -2.15. The monoisotopic (exact) mass is 285 g/mol. The molecule has 0 radical (unpaired) electrons. The van der Waals surface area contributed by atoms with Crippen LogP contribution in [0.25, 0.3) is 0 Å². The van der Waals surface area contributed by atoms with Gasteiger partial charge in [0.15, 0.2) is 0 Å². The molecule has 1 atom stereocenters. The molecule has 0 aliphatic rings. The Bertz CT molecular complexity index is 551. The van der Waals surface area contributed by atoms with Crippen LogP contribution in [0.3, 0.4) is 0 Å². The second kappa shape index (κ2) is 7.70. The summed E-state index contributed by atoms with van der Waals surface area (Å²) < 4.78 is 10.7. The Morgan fingerprint density at radius 1 is 1.05 bits per heavy atom. The lowest BCUT2D eigenvalue weighted by atomic mass is 10.1. The summed E-state index contributed by atoms with van der Waals surface area (Å²) in [5.74, 6) is 1.81. The Morgan fingerprint density at radius 2 is 1.81 bits per heavy atom. The topological polar surface area (TPSA) is 30.5 Å². The molecule has 0 fully saturated rings. The molecule has 0 aliphatic carbocycles. The summed E-state index contributed by atoms with van der Waals surface area (Å²) in [7, 11) is 1.68. The molecule has 3 heteroatoms. The first kappa shape index (κ1) is 15.4. The fraction of sp³-hybridized carbons (Fsp3) is 0.333. The molecule has 0 bridgehead atoms. The quantitative estimate of drug-likeness (QED) is 0.835. The Morgan fingerprint density at radius 3 is 2.48 bits per heavy atom. The first-order valence-corrected chi connectivity index (χ1v) is 7.32. The molecule has 0 aliphatic heterocycles. The van der Waals surface area contributed by atoms with E-state index in [1.165, 1.54) is 11.1 Å². The normalized spacial score (nSPS) is 12.0. The number of benzene rings is 2. The third-order valence-electron chi connectivity index (χ3n) is 3.44. The molecule has 0 aromatic heterocycles. The van der Waals surface area contributed by atoms with Gasteiger partial charge in [-0.15, -0.1) is 0 Å². The zero-order valence-electron chi connectivity index (χ0n) is 12.9. The van der Waals surface area contributed by atoms with Gasteiger partial charge in [-0.3, -0.25) is 0 Å². The molecule has 0 amide bonds. The van der Waals surface area contributed by atoms with Crippen molar-refractivity contribution >= 4 is 0 Å². The van der Waals surface area contributed by atoms with Gasteiger partial charge in [0.25, 0.3) is 0 Å². The molecule has 21 heavy (non-hydrogen) atoms. The van der Waals surface area contributed by atoms with Crippen LogP contribution in [-0.4, -0.2) is 13.7 Å². The number of rotatable bonds is 7. The fourth-order valence-electron chi connectivity index (χ4n) is 2.19. The Kier molecular flexibility index (Phi) is 5.64. The van der Waals surface area contributed by atoms with Gasteiger partial charge in [-0.05, 0) is 49.2 Å². The number of ether oxygens (including phenoxy) is 2. The molecule has 1 N–H and O–H groups in total. The first-order valence-electron chi connectivity index (χ1n) is 7.32. The van der Waals surface area contributed by atoms with Gasteiger partial charge in [-0.1, -0.05) is 24.3 Å². The van der Waals surface area contributed by atoms with E-state index in [0.29, 0.717) is 6.61 Å². The third kappa shape index (κ3) is 4.50. The lowest BCUT2D eigenvalue weighted by Crippen LogP contribution is -2.18. The van der Waals surface area contributed by atoms with Gasteiger partial charge < -0.3 is 14.8 Å². The summed E-state index contributed by atoms with van der Waals surface area (Å²) in [6.45, 7) is 5.66. The van der Waals surface area contributed by atoms with E-state index in [1.54, 1.807) is 7.11 Å². The van der Waals surface area contributed by atoms with Gasteiger partial charge in [0.1, 0.15) is 11.5 Å². The Balaban J connectivity index is 1.93. The van der Waals surface area contributed by atoms with Gasteiger partial charge in [0.05, 0.1) is 13.7 Å². The van der Waals surface area contributed by atoms with Crippen molar-refractivity contribution in [3.05, 3.63) is 59.7 Å². The largest absolute Gasteiger partial charge is 0.497 e.